The van der Waals surface area contributed by atoms with E-state index in [0.29, 0.717) is 5.56 Å². The second-order valence-electron chi connectivity index (χ2n) is 5.78. The van der Waals surface area contributed by atoms with Gasteiger partial charge in [-0.1, -0.05) is 19.1 Å². The average molecular weight is 370 g/mol. The third-order valence-electron chi connectivity index (χ3n) is 3.64. The Morgan fingerprint density at radius 2 is 1.72 bits per heavy atom. The molecular formula is C16H19O8P. The lowest BCUT2D eigenvalue weighted by Gasteiger charge is -2.28. The molecular weight excluding hydrogens is 351 g/mol. The number of rotatable bonds is 6. The molecule has 6 N–H and O–H groups in total. The maximum Gasteiger partial charge on any atom is 0.524 e. The van der Waals surface area contributed by atoms with Gasteiger partial charge in [-0.05, 0) is 41.8 Å². The van der Waals surface area contributed by atoms with Gasteiger partial charge in [-0.3, -0.25) is 9.79 Å². The van der Waals surface area contributed by atoms with E-state index in [-0.39, 0.29) is 23.5 Å². The molecule has 0 aliphatic heterocycles. The van der Waals surface area contributed by atoms with E-state index in [9.17, 15) is 25.0 Å². The summed E-state index contributed by atoms with van der Waals surface area (Å²) in [7, 11) is -4.93. The van der Waals surface area contributed by atoms with E-state index >= 15 is 0 Å². The Kier molecular flexibility index (Phi) is 5.41. The monoisotopic (exact) mass is 370 g/mol. The molecule has 0 saturated carbocycles. The smallest absolute Gasteiger partial charge is 0.508 e. The van der Waals surface area contributed by atoms with Crippen molar-refractivity contribution in [3.63, 3.8) is 0 Å². The molecule has 8 nitrogen and oxygen atoms in total. The third kappa shape index (κ3) is 5.19. The minimum Gasteiger partial charge on any atom is -0.508 e. The molecule has 0 aliphatic rings. The Hall–Kier alpha value is -2.09. The lowest BCUT2D eigenvalue weighted by molar-refractivity contribution is -0.178. The van der Waals surface area contributed by atoms with Gasteiger partial charge in [0.2, 0.25) is 0 Å². The molecule has 0 radical (unpaired) electrons. The van der Waals surface area contributed by atoms with Crippen molar-refractivity contribution in [3.8, 4) is 17.2 Å². The highest BCUT2D eigenvalue weighted by Crippen LogP contribution is 2.44. The van der Waals surface area contributed by atoms with Crippen LogP contribution in [0.25, 0.3) is 0 Å². The molecule has 9 heteroatoms. The zero-order chi connectivity index (χ0) is 18.8. The molecule has 0 bridgehead atoms. The van der Waals surface area contributed by atoms with Crippen LogP contribution in [0.4, 0.5) is 0 Å². The van der Waals surface area contributed by atoms with E-state index in [0.717, 1.165) is 18.2 Å². The number of benzene rings is 2. The van der Waals surface area contributed by atoms with Gasteiger partial charge in [0.1, 0.15) is 17.2 Å². The molecule has 136 valence electrons. The zero-order valence-corrected chi connectivity index (χ0v) is 14.2. The van der Waals surface area contributed by atoms with Crippen LogP contribution >= 0.6 is 7.82 Å². The summed E-state index contributed by atoms with van der Waals surface area (Å²) in [4.78, 5) is 17.9. The molecule has 0 aromatic heterocycles. The summed E-state index contributed by atoms with van der Waals surface area (Å²) in [5.74, 6) is -3.75. The summed E-state index contributed by atoms with van der Waals surface area (Å²) in [5.41, 5.74) is 0.243. The highest BCUT2D eigenvalue weighted by atomic mass is 31.2. The maximum absolute atomic E-state index is 11.1. The number of phosphoric ester groups is 1. The number of phosphoric acid groups is 1. The van der Waals surface area contributed by atoms with Crippen LogP contribution in [0.5, 0.6) is 17.2 Å². The van der Waals surface area contributed by atoms with Crippen molar-refractivity contribution in [2.24, 2.45) is 0 Å². The van der Waals surface area contributed by atoms with Gasteiger partial charge in [0.25, 0.3) is 0 Å². The molecule has 1 atom stereocenters. The summed E-state index contributed by atoms with van der Waals surface area (Å²) in [6, 6.07) is 9.33. The number of aromatic hydroxyl groups is 2. The van der Waals surface area contributed by atoms with Gasteiger partial charge >= 0.3 is 7.82 Å². The van der Waals surface area contributed by atoms with Crippen LogP contribution < -0.4 is 4.52 Å². The predicted octanol–water partition coefficient (Wildman–Crippen LogP) is 1.90. The van der Waals surface area contributed by atoms with Crippen LogP contribution in [0.2, 0.25) is 0 Å². The minimum absolute atomic E-state index is 0.0220. The largest absolute Gasteiger partial charge is 0.524 e. The molecule has 2 rings (SSSR count). The van der Waals surface area contributed by atoms with Crippen LogP contribution in [-0.2, 0) is 10.4 Å². The lowest BCUT2D eigenvalue weighted by atomic mass is 9.89. The summed E-state index contributed by atoms with van der Waals surface area (Å²) in [6.07, 6.45) is -0.280. The normalized spacial score (nSPS) is 13.5. The van der Waals surface area contributed by atoms with Gasteiger partial charge in [0.15, 0.2) is 5.79 Å². The second-order valence-corrected chi connectivity index (χ2v) is 6.94. The number of phenols is 2. The van der Waals surface area contributed by atoms with Crippen molar-refractivity contribution in [2.75, 3.05) is 0 Å². The lowest BCUT2D eigenvalue weighted by Crippen LogP contribution is -2.27. The minimum atomic E-state index is -4.93. The molecule has 2 aromatic carbocycles. The zero-order valence-electron chi connectivity index (χ0n) is 13.3. The van der Waals surface area contributed by atoms with Crippen LogP contribution in [0.1, 0.15) is 30.4 Å². The predicted molar refractivity (Wildman–Crippen MR) is 88.0 cm³/mol. The van der Waals surface area contributed by atoms with Gasteiger partial charge in [-0.15, -0.1) is 0 Å². The number of hydrogen-bond donors (Lipinski definition) is 6. The summed E-state index contributed by atoms with van der Waals surface area (Å²) in [6.45, 7) is 1.68. The van der Waals surface area contributed by atoms with E-state index in [1.165, 1.54) is 12.1 Å². The van der Waals surface area contributed by atoms with E-state index in [1.807, 2.05) is 0 Å². The van der Waals surface area contributed by atoms with Gasteiger partial charge in [-0.25, -0.2) is 4.57 Å². The van der Waals surface area contributed by atoms with Crippen molar-refractivity contribution < 1.29 is 39.3 Å². The molecule has 0 heterocycles. The van der Waals surface area contributed by atoms with Crippen LogP contribution in [0.3, 0.4) is 0 Å². The Balaban J connectivity index is 2.35. The number of aliphatic hydroxyl groups is 2. The van der Waals surface area contributed by atoms with Gasteiger partial charge in [0.05, 0.1) is 5.56 Å². The summed E-state index contributed by atoms with van der Waals surface area (Å²) in [5, 5.41) is 40.0. The van der Waals surface area contributed by atoms with E-state index in [1.54, 1.807) is 19.1 Å². The number of phenolic OH excluding ortho intramolecular Hbond substituents is 2. The summed E-state index contributed by atoms with van der Waals surface area (Å²) >= 11 is 0. The first-order valence-electron chi connectivity index (χ1n) is 7.30. The fourth-order valence-electron chi connectivity index (χ4n) is 2.52. The second kappa shape index (κ2) is 7.03. The van der Waals surface area contributed by atoms with E-state index in [4.69, 9.17) is 9.79 Å². The quantitative estimate of drug-likeness (QED) is 0.334. The van der Waals surface area contributed by atoms with Gasteiger partial charge < -0.3 is 24.9 Å². The summed E-state index contributed by atoms with van der Waals surface area (Å²) < 4.78 is 15.5. The van der Waals surface area contributed by atoms with Crippen molar-refractivity contribution >= 4 is 7.82 Å². The average Bonchev–Trinajstić information content (AvgIpc) is 2.47. The van der Waals surface area contributed by atoms with Crippen LogP contribution in [-0.4, -0.2) is 30.2 Å². The fourth-order valence-corrected chi connectivity index (χ4v) is 2.94. The van der Waals surface area contributed by atoms with Gasteiger partial charge in [-0.2, -0.15) is 0 Å². The molecule has 0 amide bonds. The molecule has 25 heavy (non-hydrogen) atoms. The van der Waals surface area contributed by atoms with E-state index in [2.05, 4.69) is 4.52 Å². The molecule has 0 saturated heterocycles. The Bertz CT molecular complexity index is 798. The first-order valence-corrected chi connectivity index (χ1v) is 8.83. The fraction of sp³-hybridized carbons (Fsp3) is 0.250. The number of hydrogen-bond acceptors (Lipinski definition) is 6. The Morgan fingerprint density at radius 1 is 1.08 bits per heavy atom. The highest BCUT2D eigenvalue weighted by molar-refractivity contribution is 7.46. The van der Waals surface area contributed by atoms with Crippen molar-refractivity contribution in [1.29, 1.82) is 0 Å². The van der Waals surface area contributed by atoms with Crippen LogP contribution in [0.15, 0.2) is 42.5 Å². The Morgan fingerprint density at radius 3 is 2.32 bits per heavy atom. The highest BCUT2D eigenvalue weighted by Gasteiger charge is 2.34. The van der Waals surface area contributed by atoms with Crippen molar-refractivity contribution in [3.05, 3.63) is 53.6 Å². The topological polar surface area (TPSA) is 148 Å². The molecule has 1 unspecified atom stereocenters. The molecule has 0 aliphatic carbocycles. The third-order valence-corrected chi connectivity index (χ3v) is 4.08. The standard InChI is InChI=1S/C16H19O8P/c1-10(11-3-2-4-12(17)7-11)9-16(19,20)14-8-13(18)5-6-15(14)24-25(21,22)23/h2-8,10,17-20H,9H2,1H3,(H2,21,22,23). The maximum atomic E-state index is 11.1. The first kappa shape index (κ1) is 19.2. The SMILES string of the molecule is CC(CC(O)(O)c1cc(O)ccc1OP(=O)(O)O)c1cccc(O)c1. The Labute approximate surface area is 143 Å². The molecule has 2 aromatic rings. The molecule has 0 spiro atoms. The van der Waals surface area contributed by atoms with Crippen molar-refractivity contribution in [2.45, 2.75) is 25.0 Å². The van der Waals surface area contributed by atoms with E-state index < -0.39 is 25.3 Å². The molecule has 0 fully saturated rings. The van der Waals surface area contributed by atoms with Crippen molar-refractivity contribution in [1.82, 2.24) is 0 Å². The first-order chi connectivity index (χ1) is 11.5. The van der Waals surface area contributed by atoms with Crippen LogP contribution in [0, 0.1) is 0 Å². The van der Waals surface area contributed by atoms with Gasteiger partial charge in [0, 0.05) is 6.42 Å².